The van der Waals surface area contributed by atoms with Gasteiger partial charge >= 0.3 is 5.69 Å². The molecule has 4 rings (SSSR count). The largest absolute Gasteiger partial charge is 0.491 e. The molecule has 0 saturated carbocycles. The summed E-state index contributed by atoms with van der Waals surface area (Å²) in [4.78, 5) is 27.7. The van der Waals surface area contributed by atoms with Crippen LogP contribution in [0.4, 0.5) is 11.5 Å². The molecule has 3 heterocycles. The topological polar surface area (TPSA) is 133 Å². The summed E-state index contributed by atoms with van der Waals surface area (Å²) in [5, 5.41) is 16.0. The van der Waals surface area contributed by atoms with E-state index in [0.29, 0.717) is 42.5 Å². The first-order valence-electron chi connectivity index (χ1n) is 11.3. The number of nitrogens with one attached hydrogen (secondary N) is 2. The molecule has 0 spiro atoms. The van der Waals surface area contributed by atoms with Gasteiger partial charge in [0.05, 0.1) is 28.3 Å². The van der Waals surface area contributed by atoms with Crippen molar-refractivity contribution in [3.63, 3.8) is 0 Å². The molecule has 2 aliphatic heterocycles. The summed E-state index contributed by atoms with van der Waals surface area (Å²) < 4.78 is 37.8. The molecule has 0 radical (unpaired) electrons. The van der Waals surface area contributed by atoms with Crippen LogP contribution in [0.2, 0.25) is 0 Å². The van der Waals surface area contributed by atoms with Crippen molar-refractivity contribution < 1.29 is 31.6 Å². The third-order valence-corrected chi connectivity index (χ3v) is 5.10. The van der Waals surface area contributed by atoms with E-state index < -0.39 is 31.2 Å². The van der Waals surface area contributed by atoms with Crippen LogP contribution in [0.5, 0.6) is 17.2 Å². The number of nitrogens with zero attached hydrogens (tertiary/aromatic N) is 2. The van der Waals surface area contributed by atoms with Crippen molar-refractivity contribution >= 4 is 17.4 Å². The second kappa shape index (κ2) is 9.55. The van der Waals surface area contributed by atoms with Crippen LogP contribution in [0.15, 0.2) is 29.2 Å². The number of aliphatic hydroxyl groups excluding tert-OH is 1. The van der Waals surface area contributed by atoms with Gasteiger partial charge in [0.15, 0.2) is 17.3 Å². The molecule has 0 bridgehead atoms. The van der Waals surface area contributed by atoms with Gasteiger partial charge in [-0.2, -0.15) is 4.98 Å². The molecule has 1 fully saturated rings. The predicted octanol–water partition coefficient (Wildman–Crippen LogP) is 1.29. The third-order valence-electron chi connectivity index (χ3n) is 5.10. The van der Waals surface area contributed by atoms with Crippen molar-refractivity contribution in [1.82, 2.24) is 14.9 Å². The van der Waals surface area contributed by atoms with Crippen LogP contribution in [0.25, 0.3) is 0 Å². The maximum atomic E-state index is 12.7. The second-order valence-electron chi connectivity index (χ2n) is 7.45. The smallest absolute Gasteiger partial charge is 0.351 e. The molecule has 1 aromatic carbocycles. The summed E-state index contributed by atoms with van der Waals surface area (Å²) >= 11 is 0. The number of amides is 1. The number of carbonyl (C=O) groups is 1. The lowest BCUT2D eigenvalue weighted by molar-refractivity contribution is -0.118. The summed E-state index contributed by atoms with van der Waals surface area (Å²) in [6.45, 7) is 2.18. The van der Waals surface area contributed by atoms with Gasteiger partial charge in [0.2, 0.25) is 5.91 Å². The fourth-order valence-electron chi connectivity index (χ4n) is 3.55. The molecule has 2 aliphatic rings. The molecule has 4 atom stereocenters. The van der Waals surface area contributed by atoms with E-state index in [1.165, 1.54) is 17.7 Å². The van der Waals surface area contributed by atoms with Crippen molar-refractivity contribution in [1.29, 1.82) is 0 Å². The first kappa shape index (κ1) is 19.5. The Morgan fingerprint density at radius 3 is 3.22 bits per heavy atom. The number of carbonyl (C=O) groups excluding carboxylic acids is 1. The Bertz CT molecular complexity index is 1100. The van der Waals surface area contributed by atoms with Gasteiger partial charge < -0.3 is 34.7 Å². The van der Waals surface area contributed by atoms with Crippen LogP contribution >= 0.6 is 0 Å². The number of ether oxygens (including phenoxy) is 4. The van der Waals surface area contributed by atoms with Gasteiger partial charge in [-0.3, -0.25) is 9.36 Å². The van der Waals surface area contributed by atoms with Crippen molar-refractivity contribution in [3.8, 4) is 17.2 Å². The molecule has 11 nitrogen and oxygen atoms in total. The van der Waals surface area contributed by atoms with Gasteiger partial charge in [-0.05, 0) is 18.6 Å². The second-order valence-corrected chi connectivity index (χ2v) is 7.45. The molecule has 2 aromatic rings. The summed E-state index contributed by atoms with van der Waals surface area (Å²) in [6, 6.07) is 5.27. The lowest BCUT2D eigenvalue weighted by Gasteiger charge is -2.24. The SMILES string of the molecule is [2H]C([3H])OC[C@H]1O[C@@H](n2cc3c(nc2=O)Nc2c(OCCCNC(C)=O)cccc2O3)C[C@H]1O. The zero-order chi connectivity index (χ0) is 24.2. The van der Waals surface area contributed by atoms with Crippen LogP contribution in [-0.2, 0) is 14.3 Å². The number of para-hydroxylation sites is 1. The first-order chi connectivity index (χ1) is 16.3. The number of aliphatic hydroxyl groups is 1. The molecule has 1 aromatic heterocycles. The summed E-state index contributed by atoms with van der Waals surface area (Å²) in [7, 11) is -1.49. The molecule has 172 valence electrons. The van der Waals surface area contributed by atoms with E-state index in [1.54, 1.807) is 18.2 Å². The van der Waals surface area contributed by atoms with Gasteiger partial charge in [0, 0.05) is 27.0 Å². The molecule has 0 aliphatic carbocycles. The number of benzene rings is 1. The maximum Gasteiger partial charge on any atom is 0.351 e. The number of anilines is 2. The van der Waals surface area contributed by atoms with E-state index in [1.807, 2.05) is 0 Å². The number of rotatable bonds is 8. The lowest BCUT2D eigenvalue weighted by Crippen LogP contribution is -2.29. The molecule has 1 unspecified atom stereocenters. The third kappa shape index (κ3) is 4.69. The molecular weight excluding hydrogens is 420 g/mol. The van der Waals surface area contributed by atoms with Crippen LogP contribution in [0.1, 0.15) is 28.7 Å². The van der Waals surface area contributed by atoms with Crippen molar-refractivity contribution in [2.75, 3.05) is 32.1 Å². The Kier molecular flexibility index (Phi) is 5.83. The first-order valence-corrected chi connectivity index (χ1v) is 10.2. The Morgan fingerprint density at radius 1 is 1.53 bits per heavy atom. The minimum atomic E-state index is -1.49. The average molecular weight is 449 g/mol. The van der Waals surface area contributed by atoms with Crippen LogP contribution in [0.3, 0.4) is 0 Å². The minimum absolute atomic E-state index is 0.101. The van der Waals surface area contributed by atoms with E-state index in [9.17, 15) is 14.7 Å². The highest BCUT2D eigenvalue weighted by Crippen LogP contribution is 2.45. The quantitative estimate of drug-likeness (QED) is 0.435. The van der Waals surface area contributed by atoms with E-state index in [2.05, 4.69) is 15.6 Å². The number of fused-ring (bicyclic) bond motifs is 2. The monoisotopic (exact) mass is 449 g/mol. The Balaban J connectivity index is 1.46. The lowest BCUT2D eigenvalue weighted by atomic mass is 10.2. The predicted molar refractivity (Wildman–Crippen MR) is 114 cm³/mol. The van der Waals surface area contributed by atoms with E-state index >= 15 is 0 Å². The van der Waals surface area contributed by atoms with Crippen LogP contribution < -0.4 is 25.8 Å². The number of hydrogen-bond donors (Lipinski definition) is 3. The van der Waals surface area contributed by atoms with Crippen molar-refractivity contribution in [2.45, 2.75) is 38.2 Å². The zero-order valence-electron chi connectivity index (χ0n) is 19.4. The Morgan fingerprint density at radius 2 is 2.41 bits per heavy atom. The van der Waals surface area contributed by atoms with Crippen LogP contribution in [-0.4, -0.2) is 59.6 Å². The van der Waals surface area contributed by atoms with Gasteiger partial charge in [0.1, 0.15) is 23.8 Å². The molecule has 1 amide bonds. The molecular formula is C21H26N4O7. The highest BCUT2D eigenvalue weighted by molar-refractivity contribution is 5.77. The minimum Gasteiger partial charge on any atom is -0.491 e. The Hall–Kier alpha value is -3.15. The fraction of sp³-hybridized carbons (Fsp3) is 0.476. The molecule has 1 saturated heterocycles. The van der Waals surface area contributed by atoms with Gasteiger partial charge in [-0.15, -0.1) is 0 Å². The Labute approximate surface area is 187 Å². The standard InChI is InChI=1S/C21H26N4O7/c1-12(26)22-7-4-8-30-14-5-3-6-15-19(14)23-20-16(31-15)10-25(21(28)24-20)18-9-13(27)17(32-18)11-29-2/h3,5-6,10,13,17-18,27H,4,7-9,11H2,1-2H3,(H,22,26)(H,23,24,28)/t13-,17-,18-/m1/s1/i2TD/t2?,13-,17-,18-. The van der Waals surface area contributed by atoms with Crippen molar-refractivity contribution in [3.05, 3.63) is 34.9 Å². The maximum absolute atomic E-state index is 12.7. The fourth-order valence-corrected chi connectivity index (χ4v) is 3.55. The van der Waals surface area contributed by atoms with E-state index in [4.69, 9.17) is 21.7 Å². The van der Waals surface area contributed by atoms with Gasteiger partial charge in [0.25, 0.3) is 0 Å². The summed E-state index contributed by atoms with van der Waals surface area (Å²) in [6.07, 6.45) is -0.289. The highest BCUT2D eigenvalue weighted by atomic mass is 16.6. The van der Waals surface area contributed by atoms with Gasteiger partial charge in [-0.1, -0.05) is 6.07 Å². The van der Waals surface area contributed by atoms with Crippen LogP contribution in [0, 0.1) is 0 Å². The average Bonchev–Trinajstić information content (AvgIpc) is 3.16. The summed E-state index contributed by atoms with van der Waals surface area (Å²) in [5.41, 5.74) is -0.0751. The summed E-state index contributed by atoms with van der Waals surface area (Å²) in [5.74, 6) is 1.41. The highest BCUT2D eigenvalue weighted by Gasteiger charge is 2.36. The number of methoxy groups -OCH3 is 1. The molecule has 3 N–H and O–H groups in total. The van der Waals surface area contributed by atoms with Crippen molar-refractivity contribution in [2.24, 2.45) is 0 Å². The molecule has 11 heteroatoms. The number of hydrogen-bond acceptors (Lipinski definition) is 9. The van der Waals surface area contributed by atoms with E-state index in [0.717, 1.165) is 0 Å². The van der Waals surface area contributed by atoms with Gasteiger partial charge in [-0.25, -0.2) is 4.79 Å². The van der Waals surface area contributed by atoms with E-state index in [-0.39, 0.29) is 24.8 Å². The normalized spacial score (nSPS) is 23.0. The zero-order valence-corrected chi connectivity index (χ0v) is 17.4. The number of aromatic nitrogens is 2. The molecule has 32 heavy (non-hydrogen) atoms.